The average Bonchev–Trinajstić information content (AvgIpc) is 2.04. The Labute approximate surface area is 79.2 Å². The highest BCUT2D eigenvalue weighted by molar-refractivity contribution is 7.99. The van der Waals surface area contributed by atoms with Gasteiger partial charge in [0.15, 0.2) is 0 Å². The van der Waals surface area contributed by atoms with Crippen molar-refractivity contribution in [2.24, 2.45) is 5.92 Å². The van der Waals surface area contributed by atoms with Crippen LogP contribution in [0.4, 0.5) is 0 Å². The van der Waals surface area contributed by atoms with Gasteiger partial charge in [-0.2, -0.15) is 11.8 Å². The summed E-state index contributed by atoms with van der Waals surface area (Å²) < 4.78 is 5.16. The van der Waals surface area contributed by atoms with Crippen LogP contribution in [0, 0.1) is 5.92 Å². The summed E-state index contributed by atoms with van der Waals surface area (Å²) in [5.41, 5.74) is 0. The molecule has 1 heterocycles. The first-order chi connectivity index (χ1) is 5.95. The summed E-state index contributed by atoms with van der Waals surface area (Å²) in [5.74, 6) is 2.24. The molecule has 0 unspecified atom stereocenters. The quantitative estimate of drug-likeness (QED) is 0.670. The summed E-state index contributed by atoms with van der Waals surface area (Å²) in [5, 5.41) is 0.986. The van der Waals surface area contributed by atoms with E-state index in [1.807, 2.05) is 0 Å². The lowest BCUT2D eigenvalue weighted by Gasteiger charge is -2.28. The van der Waals surface area contributed by atoms with Gasteiger partial charge in [0, 0.05) is 16.9 Å². The van der Waals surface area contributed by atoms with Gasteiger partial charge in [0.2, 0.25) is 0 Å². The van der Waals surface area contributed by atoms with E-state index in [4.69, 9.17) is 4.74 Å². The lowest BCUT2D eigenvalue weighted by atomic mass is 10.0. The molecule has 70 valence electrons. The molecule has 0 radical (unpaired) electrons. The molecule has 0 aromatic rings. The van der Waals surface area contributed by atoms with Gasteiger partial charge in [0.25, 0.3) is 0 Å². The molecule has 1 saturated carbocycles. The minimum atomic E-state index is 0.886. The Morgan fingerprint density at radius 2 is 1.83 bits per heavy atom. The summed E-state index contributed by atoms with van der Waals surface area (Å²) >= 11 is 2.20. The molecule has 0 bridgehead atoms. The fourth-order valence-electron chi connectivity index (χ4n) is 1.88. The Balaban J connectivity index is 1.58. The van der Waals surface area contributed by atoms with Crippen molar-refractivity contribution in [2.75, 3.05) is 19.0 Å². The highest BCUT2D eigenvalue weighted by Crippen LogP contribution is 2.30. The van der Waals surface area contributed by atoms with Crippen LogP contribution < -0.4 is 0 Å². The van der Waals surface area contributed by atoms with Crippen molar-refractivity contribution >= 4 is 11.8 Å². The van der Waals surface area contributed by atoms with Crippen molar-refractivity contribution in [3.63, 3.8) is 0 Å². The minimum Gasteiger partial charge on any atom is -0.381 e. The van der Waals surface area contributed by atoms with E-state index < -0.39 is 0 Å². The van der Waals surface area contributed by atoms with Gasteiger partial charge >= 0.3 is 0 Å². The Kier molecular flexibility index (Phi) is 3.35. The molecule has 0 aromatic carbocycles. The normalized spacial score (nSPS) is 27.0. The third-order valence-electron chi connectivity index (χ3n) is 2.83. The summed E-state index contributed by atoms with van der Waals surface area (Å²) in [7, 11) is 0. The molecule has 1 aliphatic heterocycles. The van der Waals surface area contributed by atoms with Gasteiger partial charge in [-0.3, -0.25) is 0 Å². The van der Waals surface area contributed by atoms with Gasteiger partial charge in [-0.25, -0.2) is 0 Å². The smallest absolute Gasteiger partial charge is 0.0524 e. The standard InChI is InChI=1S/C10H18OS/c1-2-4-10(5-3-1)12-8-9-6-11-7-9/h9-10H,1-8H2. The van der Waals surface area contributed by atoms with Crippen molar-refractivity contribution in [1.82, 2.24) is 0 Å². The molecule has 1 saturated heterocycles. The van der Waals surface area contributed by atoms with Crippen LogP contribution in [0.15, 0.2) is 0 Å². The van der Waals surface area contributed by atoms with Gasteiger partial charge in [0.05, 0.1) is 13.2 Å². The molecule has 2 aliphatic rings. The van der Waals surface area contributed by atoms with Gasteiger partial charge in [-0.05, 0) is 12.8 Å². The molecular weight excluding hydrogens is 168 g/mol. The predicted octanol–water partition coefficient (Wildman–Crippen LogP) is 2.70. The average molecular weight is 186 g/mol. The molecule has 0 spiro atoms. The molecule has 2 rings (SSSR count). The maximum atomic E-state index is 5.16. The molecule has 2 fully saturated rings. The fraction of sp³-hybridized carbons (Fsp3) is 1.00. The van der Waals surface area contributed by atoms with Crippen LogP contribution in [0.2, 0.25) is 0 Å². The molecule has 2 heteroatoms. The van der Waals surface area contributed by atoms with Crippen LogP contribution in [0.1, 0.15) is 32.1 Å². The van der Waals surface area contributed by atoms with Crippen molar-refractivity contribution in [3.8, 4) is 0 Å². The number of rotatable bonds is 3. The first-order valence-electron chi connectivity index (χ1n) is 5.14. The maximum Gasteiger partial charge on any atom is 0.0524 e. The Morgan fingerprint density at radius 3 is 2.42 bits per heavy atom. The SMILES string of the molecule is C1CCC(SCC2COC2)CC1. The predicted molar refractivity (Wildman–Crippen MR) is 53.6 cm³/mol. The molecular formula is C10H18OS. The largest absolute Gasteiger partial charge is 0.381 e. The Bertz CT molecular complexity index is 128. The highest BCUT2D eigenvalue weighted by atomic mass is 32.2. The fourth-order valence-corrected chi connectivity index (χ4v) is 3.29. The summed E-state index contributed by atoms with van der Waals surface area (Å²) in [6.45, 7) is 2.06. The molecule has 1 nitrogen and oxygen atoms in total. The van der Waals surface area contributed by atoms with Gasteiger partial charge in [-0.15, -0.1) is 0 Å². The summed E-state index contributed by atoms with van der Waals surface area (Å²) in [6, 6.07) is 0. The van der Waals surface area contributed by atoms with E-state index in [9.17, 15) is 0 Å². The number of ether oxygens (including phenoxy) is 1. The lowest BCUT2D eigenvalue weighted by Crippen LogP contribution is -2.30. The Morgan fingerprint density at radius 1 is 1.08 bits per heavy atom. The zero-order valence-electron chi connectivity index (χ0n) is 7.63. The van der Waals surface area contributed by atoms with Crippen LogP contribution in [-0.4, -0.2) is 24.2 Å². The van der Waals surface area contributed by atoms with Crippen molar-refractivity contribution in [2.45, 2.75) is 37.4 Å². The van der Waals surface area contributed by atoms with Gasteiger partial charge < -0.3 is 4.74 Å². The second-order valence-electron chi connectivity index (χ2n) is 4.00. The monoisotopic (exact) mass is 186 g/mol. The molecule has 1 aliphatic carbocycles. The summed E-state index contributed by atoms with van der Waals surface area (Å²) in [4.78, 5) is 0. The second kappa shape index (κ2) is 4.52. The second-order valence-corrected chi connectivity index (χ2v) is 5.33. The topological polar surface area (TPSA) is 9.23 Å². The van der Waals surface area contributed by atoms with Crippen LogP contribution in [-0.2, 0) is 4.74 Å². The zero-order valence-corrected chi connectivity index (χ0v) is 8.44. The molecule has 0 amide bonds. The van der Waals surface area contributed by atoms with E-state index in [0.717, 1.165) is 24.4 Å². The number of hydrogen-bond donors (Lipinski definition) is 0. The summed E-state index contributed by atoms with van der Waals surface area (Å²) in [6.07, 6.45) is 7.36. The van der Waals surface area contributed by atoms with E-state index in [0.29, 0.717) is 0 Å². The third kappa shape index (κ3) is 2.40. The van der Waals surface area contributed by atoms with E-state index in [2.05, 4.69) is 11.8 Å². The van der Waals surface area contributed by atoms with Crippen LogP contribution in [0.3, 0.4) is 0 Å². The molecule has 12 heavy (non-hydrogen) atoms. The minimum absolute atomic E-state index is 0.886. The molecule has 0 atom stereocenters. The first kappa shape index (κ1) is 8.89. The first-order valence-corrected chi connectivity index (χ1v) is 6.19. The number of thioether (sulfide) groups is 1. The van der Waals surface area contributed by atoms with E-state index in [1.165, 1.54) is 37.9 Å². The highest BCUT2D eigenvalue weighted by Gasteiger charge is 2.21. The van der Waals surface area contributed by atoms with Crippen LogP contribution in [0.5, 0.6) is 0 Å². The van der Waals surface area contributed by atoms with Gasteiger partial charge in [-0.1, -0.05) is 19.3 Å². The van der Waals surface area contributed by atoms with Crippen molar-refractivity contribution in [1.29, 1.82) is 0 Å². The van der Waals surface area contributed by atoms with Crippen molar-refractivity contribution in [3.05, 3.63) is 0 Å². The van der Waals surface area contributed by atoms with Crippen LogP contribution >= 0.6 is 11.8 Å². The van der Waals surface area contributed by atoms with E-state index in [-0.39, 0.29) is 0 Å². The maximum absolute atomic E-state index is 5.16. The molecule has 0 aromatic heterocycles. The van der Waals surface area contributed by atoms with E-state index >= 15 is 0 Å². The van der Waals surface area contributed by atoms with Crippen LogP contribution in [0.25, 0.3) is 0 Å². The third-order valence-corrected chi connectivity index (χ3v) is 4.43. The van der Waals surface area contributed by atoms with Gasteiger partial charge in [0.1, 0.15) is 0 Å². The zero-order chi connectivity index (χ0) is 8.23. The number of hydrogen-bond acceptors (Lipinski definition) is 2. The molecule has 0 N–H and O–H groups in total. The van der Waals surface area contributed by atoms with E-state index in [1.54, 1.807) is 0 Å². The Hall–Kier alpha value is 0.310. The van der Waals surface area contributed by atoms with Crippen molar-refractivity contribution < 1.29 is 4.74 Å². The lowest BCUT2D eigenvalue weighted by molar-refractivity contribution is -0.0197.